The van der Waals surface area contributed by atoms with Gasteiger partial charge in [0.2, 0.25) is 10.0 Å². The number of hydrogen-bond acceptors (Lipinski definition) is 4. The molecule has 0 fully saturated rings. The van der Waals surface area contributed by atoms with Crippen molar-refractivity contribution in [1.82, 2.24) is 0 Å². The van der Waals surface area contributed by atoms with Gasteiger partial charge in [-0.2, -0.15) is 0 Å². The minimum atomic E-state index is -3.63. The van der Waals surface area contributed by atoms with Crippen molar-refractivity contribution in [1.29, 1.82) is 0 Å². The molecule has 0 saturated heterocycles. The summed E-state index contributed by atoms with van der Waals surface area (Å²) in [5.74, 6) is 0.243. The topological polar surface area (TPSA) is 62.9 Å². The summed E-state index contributed by atoms with van der Waals surface area (Å²) in [5, 5.41) is 0.826. The average Bonchev–Trinajstić information content (AvgIpc) is 3.34. The molecule has 0 unspecified atom stereocenters. The zero-order valence-corrected chi connectivity index (χ0v) is 24.3. The van der Waals surface area contributed by atoms with Gasteiger partial charge in [-0.05, 0) is 60.7 Å². The first-order valence-electron chi connectivity index (χ1n) is 13.7. The van der Waals surface area contributed by atoms with Gasteiger partial charge in [0.25, 0.3) is 0 Å². The molecule has 41 heavy (non-hydrogen) atoms. The Kier molecular flexibility index (Phi) is 8.36. The Balaban J connectivity index is 1.72. The van der Waals surface area contributed by atoms with E-state index in [0.29, 0.717) is 36.4 Å². The van der Waals surface area contributed by atoms with Crippen LogP contribution in [-0.4, -0.2) is 34.0 Å². The van der Waals surface area contributed by atoms with E-state index in [1.807, 2.05) is 79.7 Å². The fourth-order valence-corrected chi connectivity index (χ4v) is 6.23. The van der Waals surface area contributed by atoms with E-state index >= 15 is 0 Å². The van der Waals surface area contributed by atoms with Crippen LogP contribution >= 0.6 is 0 Å². The summed E-state index contributed by atoms with van der Waals surface area (Å²) >= 11 is 0. The highest BCUT2D eigenvalue weighted by atomic mass is 32.2. The van der Waals surface area contributed by atoms with Gasteiger partial charge >= 0.3 is 0 Å². The number of aryl methyl sites for hydroxylation is 1. The number of rotatable bonds is 10. The lowest BCUT2D eigenvalue weighted by Gasteiger charge is -2.25. The predicted octanol–water partition coefficient (Wildman–Crippen LogP) is 8.13. The van der Waals surface area contributed by atoms with E-state index < -0.39 is 10.0 Å². The van der Waals surface area contributed by atoms with E-state index in [1.165, 1.54) is 22.7 Å². The Morgan fingerprint density at radius 2 is 1.56 bits per heavy atom. The SMILES string of the molecule is CCC(=NC)c1c(-c2ccc(F)cc2)oc2cc(N(CCCc3ccccc3)S(C)(=O)=O)c(-c3ccccc3)cc12. The molecule has 0 bridgehead atoms. The maximum Gasteiger partial charge on any atom is 0.232 e. The number of aliphatic imine (C=N–C) groups is 1. The van der Waals surface area contributed by atoms with Gasteiger partial charge in [-0.25, -0.2) is 12.8 Å². The second kappa shape index (κ2) is 12.1. The van der Waals surface area contributed by atoms with Gasteiger partial charge in [0.15, 0.2) is 0 Å². The van der Waals surface area contributed by atoms with E-state index in [-0.39, 0.29) is 5.82 Å². The smallest absolute Gasteiger partial charge is 0.232 e. The van der Waals surface area contributed by atoms with E-state index in [1.54, 1.807) is 19.2 Å². The molecule has 5 rings (SSSR count). The first kappa shape index (κ1) is 28.3. The maximum absolute atomic E-state index is 13.8. The molecule has 0 atom stereocenters. The summed E-state index contributed by atoms with van der Waals surface area (Å²) in [6, 6.07) is 29.8. The number of nitrogens with zero attached hydrogens (tertiary/aromatic N) is 2. The summed E-state index contributed by atoms with van der Waals surface area (Å²) in [6.07, 6.45) is 3.31. The van der Waals surface area contributed by atoms with Gasteiger partial charge in [0, 0.05) is 47.4 Å². The van der Waals surface area contributed by atoms with Crippen LogP contribution in [0, 0.1) is 5.82 Å². The van der Waals surface area contributed by atoms with Crippen LogP contribution in [0.4, 0.5) is 10.1 Å². The van der Waals surface area contributed by atoms with E-state index in [2.05, 4.69) is 4.99 Å². The number of furan rings is 1. The fourth-order valence-electron chi connectivity index (χ4n) is 5.26. The van der Waals surface area contributed by atoms with Crippen molar-refractivity contribution in [3.05, 3.63) is 114 Å². The summed E-state index contributed by atoms with van der Waals surface area (Å²) in [7, 11) is -1.88. The van der Waals surface area contributed by atoms with Crippen LogP contribution in [0.5, 0.6) is 0 Å². The van der Waals surface area contributed by atoms with Crippen molar-refractivity contribution in [3.63, 3.8) is 0 Å². The normalized spacial score (nSPS) is 12.1. The molecule has 7 heteroatoms. The standard InChI is InChI=1S/C34H33FN2O3S/c1-4-30(36-2)33-29-22-28(25-15-9-6-10-16-25)31(23-32(29)40-34(33)26-17-19-27(35)20-18-26)37(41(3,38)39)21-11-14-24-12-7-5-8-13-24/h5-10,12-13,15-20,22-23H,4,11,14,21H2,1-3H3. The summed E-state index contributed by atoms with van der Waals surface area (Å²) in [5.41, 5.74) is 6.32. The fraction of sp³-hybridized carbons (Fsp3) is 0.206. The molecule has 5 nitrogen and oxygen atoms in total. The first-order chi connectivity index (χ1) is 19.8. The third kappa shape index (κ3) is 6.10. The molecular weight excluding hydrogens is 535 g/mol. The molecule has 210 valence electrons. The van der Waals surface area contributed by atoms with Crippen molar-refractivity contribution in [2.45, 2.75) is 26.2 Å². The van der Waals surface area contributed by atoms with Crippen LogP contribution in [0.25, 0.3) is 33.4 Å². The van der Waals surface area contributed by atoms with Crippen LogP contribution in [0.15, 0.2) is 106 Å². The second-order valence-corrected chi connectivity index (χ2v) is 11.9. The lowest BCUT2D eigenvalue weighted by Crippen LogP contribution is -2.31. The molecule has 0 saturated carbocycles. The van der Waals surface area contributed by atoms with Crippen molar-refractivity contribution in [2.24, 2.45) is 4.99 Å². The second-order valence-electron chi connectivity index (χ2n) is 9.99. The molecule has 1 heterocycles. The Morgan fingerprint density at radius 1 is 0.902 bits per heavy atom. The number of hydrogen-bond donors (Lipinski definition) is 0. The van der Waals surface area contributed by atoms with Gasteiger partial charge in [-0.1, -0.05) is 67.6 Å². The number of benzene rings is 4. The zero-order valence-electron chi connectivity index (χ0n) is 23.5. The van der Waals surface area contributed by atoms with Gasteiger partial charge < -0.3 is 4.42 Å². The van der Waals surface area contributed by atoms with Crippen molar-refractivity contribution < 1.29 is 17.2 Å². The molecule has 0 N–H and O–H groups in total. The van der Waals surface area contributed by atoms with E-state index in [4.69, 9.17) is 4.42 Å². The molecule has 0 aliphatic rings. The molecule has 0 radical (unpaired) electrons. The summed E-state index contributed by atoms with van der Waals surface area (Å²) in [6.45, 7) is 2.34. The van der Waals surface area contributed by atoms with Gasteiger partial charge in [0.05, 0.1) is 11.9 Å². The van der Waals surface area contributed by atoms with Gasteiger partial charge in [0.1, 0.15) is 17.2 Å². The molecule has 1 aromatic heterocycles. The molecule has 0 aliphatic heterocycles. The van der Waals surface area contributed by atoms with Crippen LogP contribution in [0.1, 0.15) is 30.9 Å². The number of fused-ring (bicyclic) bond motifs is 1. The largest absolute Gasteiger partial charge is 0.455 e. The monoisotopic (exact) mass is 568 g/mol. The third-order valence-corrected chi connectivity index (χ3v) is 8.41. The number of halogens is 1. The summed E-state index contributed by atoms with van der Waals surface area (Å²) < 4.78 is 48.2. The number of anilines is 1. The van der Waals surface area contributed by atoms with Crippen molar-refractivity contribution in [3.8, 4) is 22.5 Å². The van der Waals surface area contributed by atoms with E-state index in [0.717, 1.165) is 45.3 Å². The van der Waals surface area contributed by atoms with Gasteiger partial charge in [-0.3, -0.25) is 9.30 Å². The highest BCUT2D eigenvalue weighted by molar-refractivity contribution is 7.92. The Hall–Kier alpha value is -4.23. The lowest BCUT2D eigenvalue weighted by molar-refractivity contribution is 0.595. The van der Waals surface area contributed by atoms with Crippen molar-refractivity contribution >= 4 is 32.4 Å². The number of sulfonamides is 1. The molecular formula is C34H33FN2O3S. The van der Waals surface area contributed by atoms with Crippen LogP contribution in [0.3, 0.4) is 0 Å². The van der Waals surface area contributed by atoms with E-state index in [9.17, 15) is 12.8 Å². The summed E-state index contributed by atoms with van der Waals surface area (Å²) in [4.78, 5) is 4.55. The molecule has 0 spiro atoms. The Bertz CT molecular complexity index is 1780. The van der Waals surface area contributed by atoms with Crippen LogP contribution in [-0.2, 0) is 16.4 Å². The molecule has 4 aromatic carbocycles. The molecule has 0 amide bonds. The highest BCUT2D eigenvalue weighted by Gasteiger charge is 2.26. The molecule has 0 aliphatic carbocycles. The highest BCUT2D eigenvalue weighted by Crippen LogP contribution is 2.42. The Morgan fingerprint density at radius 3 is 2.17 bits per heavy atom. The van der Waals surface area contributed by atoms with Crippen LogP contribution in [0.2, 0.25) is 0 Å². The van der Waals surface area contributed by atoms with Gasteiger partial charge in [-0.15, -0.1) is 0 Å². The lowest BCUT2D eigenvalue weighted by atomic mass is 9.96. The van der Waals surface area contributed by atoms with Crippen LogP contribution < -0.4 is 4.31 Å². The zero-order chi connectivity index (χ0) is 29.0. The average molecular weight is 569 g/mol. The minimum absolute atomic E-state index is 0.314. The Labute approximate surface area is 241 Å². The third-order valence-electron chi connectivity index (χ3n) is 7.23. The maximum atomic E-state index is 13.8. The minimum Gasteiger partial charge on any atom is -0.455 e. The predicted molar refractivity (Wildman–Crippen MR) is 167 cm³/mol. The van der Waals surface area contributed by atoms with Crippen molar-refractivity contribution in [2.75, 3.05) is 24.2 Å². The quantitative estimate of drug-likeness (QED) is 0.160. The first-order valence-corrected chi connectivity index (χ1v) is 15.5. The molecule has 5 aromatic rings.